The highest BCUT2D eigenvalue weighted by Gasteiger charge is 2.11. The van der Waals surface area contributed by atoms with E-state index >= 15 is 0 Å². The number of halogens is 1. The molecule has 1 nitrogen and oxygen atoms in total. The highest BCUT2D eigenvalue weighted by molar-refractivity contribution is 14.1. The average Bonchev–Trinajstić information content (AvgIpc) is 2.04. The van der Waals surface area contributed by atoms with Gasteiger partial charge in [-0.1, -0.05) is 28.7 Å². The molecule has 0 radical (unpaired) electrons. The first kappa shape index (κ1) is 9.23. The van der Waals surface area contributed by atoms with Crippen molar-refractivity contribution in [2.45, 2.75) is 25.7 Å². The van der Waals surface area contributed by atoms with Gasteiger partial charge < -0.3 is 0 Å². The molecule has 0 heterocycles. The Morgan fingerprint density at radius 3 is 3.00 bits per heavy atom. The Kier molecular flexibility index (Phi) is 4.12. The fourth-order valence-electron chi connectivity index (χ4n) is 1.33. The maximum atomic E-state index is 10.8. The van der Waals surface area contributed by atoms with E-state index in [1.807, 2.05) is 0 Å². The van der Waals surface area contributed by atoms with Crippen molar-refractivity contribution in [2.24, 2.45) is 5.92 Å². The fourth-order valence-corrected chi connectivity index (χ4v) is 1.77. The van der Waals surface area contributed by atoms with Gasteiger partial charge in [0.25, 0.3) is 0 Å². The second kappa shape index (κ2) is 4.91. The van der Waals surface area contributed by atoms with Gasteiger partial charge in [-0.3, -0.25) is 4.79 Å². The maximum Gasteiger partial charge on any atom is 0.155 e. The molecule has 0 N–H and O–H groups in total. The summed E-state index contributed by atoms with van der Waals surface area (Å²) in [7, 11) is 0. The van der Waals surface area contributed by atoms with Crippen molar-refractivity contribution in [3.8, 4) is 0 Å². The molecule has 0 aromatic carbocycles. The SMILES string of the molecule is O=C1C=CC(CCCI)CC1. The van der Waals surface area contributed by atoms with Crippen LogP contribution in [-0.4, -0.2) is 10.2 Å². The highest BCUT2D eigenvalue weighted by Crippen LogP contribution is 2.20. The minimum Gasteiger partial charge on any atom is -0.295 e. The van der Waals surface area contributed by atoms with Gasteiger partial charge in [0.2, 0.25) is 0 Å². The van der Waals surface area contributed by atoms with Crippen LogP contribution < -0.4 is 0 Å². The van der Waals surface area contributed by atoms with Crippen molar-refractivity contribution in [2.75, 3.05) is 4.43 Å². The van der Waals surface area contributed by atoms with Crippen LogP contribution in [0.5, 0.6) is 0 Å². The van der Waals surface area contributed by atoms with Gasteiger partial charge in [0.15, 0.2) is 5.78 Å². The quantitative estimate of drug-likeness (QED) is 0.566. The molecule has 1 atom stereocenters. The van der Waals surface area contributed by atoms with Gasteiger partial charge >= 0.3 is 0 Å². The molecule has 0 bridgehead atoms. The predicted octanol–water partition coefficient (Wildman–Crippen LogP) is 2.74. The molecule has 62 valence electrons. The Morgan fingerprint density at radius 1 is 1.64 bits per heavy atom. The molecule has 11 heavy (non-hydrogen) atoms. The normalized spacial score (nSPS) is 24.1. The Labute approximate surface area is 81.4 Å². The number of carbonyl (C=O) groups excluding carboxylic acids is 1. The minimum atomic E-state index is 0.302. The number of hydrogen-bond donors (Lipinski definition) is 0. The Bertz CT molecular complexity index is 163. The average molecular weight is 264 g/mol. The third-order valence-corrected chi connectivity index (χ3v) is 2.79. The summed E-state index contributed by atoms with van der Waals surface area (Å²) in [6, 6.07) is 0. The van der Waals surface area contributed by atoms with Crippen LogP contribution in [0, 0.1) is 5.92 Å². The largest absolute Gasteiger partial charge is 0.295 e. The number of carbonyl (C=O) groups is 1. The van der Waals surface area contributed by atoms with E-state index in [2.05, 4.69) is 28.7 Å². The van der Waals surface area contributed by atoms with Crippen LogP contribution in [0.25, 0.3) is 0 Å². The zero-order valence-electron chi connectivity index (χ0n) is 6.55. The van der Waals surface area contributed by atoms with E-state index in [9.17, 15) is 4.79 Å². The van der Waals surface area contributed by atoms with E-state index in [4.69, 9.17) is 0 Å². The van der Waals surface area contributed by atoms with E-state index in [0.717, 1.165) is 12.8 Å². The van der Waals surface area contributed by atoms with Crippen molar-refractivity contribution in [1.29, 1.82) is 0 Å². The van der Waals surface area contributed by atoms with Crippen molar-refractivity contribution in [3.05, 3.63) is 12.2 Å². The Balaban J connectivity index is 2.26. The Morgan fingerprint density at radius 2 is 2.45 bits per heavy atom. The Hall–Kier alpha value is 0.140. The second-order valence-corrected chi connectivity index (χ2v) is 4.03. The minimum absolute atomic E-state index is 0.302. The summed E-state index contributed by atoms with van der Waals surface area (Å²) in [6.07, 6.45) is 8.21. The van der Waals surface area contributed by atoms with Gasteiger partial charge in [0.1, 0.15) is 0 Å². The number of ketones is 1. The molecule has 2 heteroatoms. The lowest BCUT2D eigenvalue weighted by molar-refractivity contribution is -0.115. The molecule has 1 aliphatic carbocycles. The van der Waals surface area contributed by atoms with Gasteiger partial charge in [0, 0.05) is 6.42 Å². The van der Waals surface area contributed by atoms with E-state index in [1.54, 1.807) is 6.08 Å². The molecular weight excluding hydrogens is 251 g/mol. The zero-order chi connectivity index (χ0) is 8.10. The van der Waals surface area contributed by atoms with Crippen LogP contribution in [-0.2, 0) is 4.79 Å². The number of rotatable bonds is 3. The molecule has 0 aromatic rings. The molecule has 1 unspecified atom stereocenters. The second-order valence-electron chi connectivity index (χ2n) is 2.96. The highest BCUT2D eigenvalue weighted by atomic mass is 127. The first-order valence-electron chi connectivity index (χ1n) is 4.10. The summed E-state index contributed by atoms with van der Waals surface area (Å²) in [5.41, 5.74) is 0. The predicted molar refractivity (Wildman–Crippen MR) is 55.0 cm³/mol. The smallest absolute Gasteiger partial charge is 0.155 e. The summed E-state index contributed by atoms with van der Waals surface area (Å²) in [5, 5.41) is 0. The molecule has 1 rings (SSSR count). The first-order chi connectivity index (χ1) is 5.33. The van der Waals surface area contributed by atoms with E-state index in [-0.39, 0.29) is 0 Å². The van der Waals surface area contributed by atoms with E-state index in [1.165, 1.54) is 17.3 Å². The molecular formula is C9H13IO. The number of hydrogen-bond acceptors (Lipinski definition) is 1. The van der Waals surface area contributed by atoms with Crippen molar-refractivity contribution < 1.29 is 4.79 Å². The van der Waals surface area contributed by atoms with Crippen molar-refractivity contribution in [3.63, 3.8) is 0 Å². The molecule has 0 aromatic heterocycles. The number of alkyl halides is 1. The summed E-state index contributed by atoms with van der Waals surface area (Å²) >= 11 is 2.40. The third-order valence-electron chi connectivity index (χ3n) is 2.02. The van der Waals surface area contributed by atoms with Crippen LogP contribution in [0.1, 0.15) is 25.7 Å². The molecule has 0 spiro atoms. The lowest BCUT2D eigenvalue weighted by atomic mass is 9.92. The van der Waals surface area contributed by atoms with Crippen LogP contribution >= 0.6 is 22.6 Å². The van der Waals surface area contributed by atoms with Crippen molar-refractivity contribution in [1.82, 2.24) is 0 Å². The molecule has 1 aliphatic rings. The van der Waals surface area contributed by atoms with Crippen molar-refractivity contribution >= 4 is 28.4 Å². The maximum absolute atomic E-state index is 10.8. The van der Waals surface area contributed by atoms with E-state index < -0.39 is 0 Å². The lowest BCUT2D eigenvalue weighted by Crippen LogP contribution is -2.07. The van der Waals surface area contributed by atoms with Gasteiger partial charge in [-0.05, 0) is 35.7 Å². The lowest BCUT2D eigenvalue weighted by Gasteiger charge is -2.14. The monoisotopic (exact) mass is 264 g/mol. The third kappa shape index (κ3) is 3.36. The molecule has 0 amide bonds. The zero-order valence-corrected chi connectivity index (χ0v) is 8.71. The van der Waals surface area contributed by atoms with E-state index in [0.29, 0.717) is 11.7 Å². The van der Waals surface area contributed by atoms with Crippen LogP contribution in [0.15, 0.2) is 12.2 Å². The standard InChI is InChI=1S/C9H13IO/c10-7-1-2-8-3-5-9(11)6-4-8/h3,5,8H,1-2,4,6-7H2. The van der Waals surface area contributed by atoms with Gasteiger partial charge in [-0.15, -0.1) is 0 Å². The summed E-state index contributed by atoms with van der Waals surface area (Å²) in [4.78, 5) is 10.8. The first-order valence-corrected chi connectivity index (χ1v) is 5.62. The van der Waals surface area contributed by atoms with Crippen LogP contribution in [0.4, 0.5) is 0 Å². The van der Waals surface area contributed by atoms with Gasteiger partial charge in [0.05, 0.1) is 0 Å². The number of allylic oxidation sites excluding steroid dienone is 2. The molecule has 0 saturated carbocycles. The molecule has 0 aliphatic heterocycles. The topological polar surface area (TPSA) is 17.1 Å². The fraction of sp³-hybridized carbons (Fsp3) is 0.667. The van der Waals surface area contributed by atoms with Crippen LogP contribution in [0.2, 0.25) is 0 Å². The van der Waals surface area contributed by atoms with Gasteiger partial charge in [-0.2, -0.15) is 0 Å². The van der Waals surface area contributed by atoms with Gasteiger partial charge in [-0.25, -0.2) is 0 Å². The molecule has 0 fully saturated rings. The summed E-state index contributed by atoms with van der Waals surface area (Å²) < 4.78 is 1.23. The van der Waals surface area contributed by atoms with Crippen LogP contribution in [0.3, 0.4) is 0 Å². The summed E-state index contributed by atoms with van der Waals surface area (Å²) in [5.74, 6) is 0.984. The molecule has 0 saturated heterocycles. The summed E-state index contributed by atoms with van der Waals surface area (Å²) in [6.45, 7) is 0.